The highest BCUT2D eigenvalue weighted by Gasteiger charge is 2.18. The molecule has 0 saturated heterocycles. The second kappa shape index (κ2) is 10.1. The molecule has 2 heterocycles. The standard InChI is InChI=1S/C26H30FN5O3/c1-15(2)32(25(34)35)23-13-21-18(14-29-23)11-19(16(3)30-21)17-7-8-20(27)22(12-17)31-24(33)28-10-9-26(4,5)6/h7-8,11-14H,1,9-10H2,2-6H3,(H,34,35)(H2,28,31,33). The Morgan fingerprint density at radius 2 is 1.91 bits per heavy atom. The fourth-order valence-corrected chi connectivity index (χ4v) is 3.53. The highest BCUT2D eigenvalue weighted by atomic mass is 19.1. The van der Waals surface area contributed by atoms with Gasteiger partial charge < -0.3 is 15.7 Å². The first-order chi connectivity index (χ1) is 16.4. The van der Waals surface area contributed by atoms with Crippen LogP contribution in [-0.4, -0.2) is 33.7 Å². The summed E-state index contributed by atoms with van der Waals surface area (Å²) in [5.41, 5.74) is 3.06. The molecule has 1 aromatic carbocycles. The summed E-state index contributed by atoms with van der Waals surface area (Å²) in [7, 11) is 0. The molecule has 0 aliphatic heterocycles. The van der Waals surface area contributed by atoms with Gasteiger partial charge in [-0.1, -0.05) is 33.4 Å². The summed E-state index contributed by atoms with van der Waals surface area (Å²) in [6, 6.07) is 7.42. The Labute approximate surface area is 203 Å². The van der Waals surface area contributed by atoms with Crippen LogP contribution >= 0.6 is 0 Å². The number of aromatic nitrogens is 2. The number of hydrogen-bond acceptors (Lipinski definition) is 4. The van der Waals surface area contributed by atoms with Gasteiger partial charge >= 0.3 is 12.1 Å². The van der Waals surface area contributed by atoms with Gasteiger partial charge in [-0.05, 0) is 49.4 Å². The Balaban J connectivity index is 1.89. The lowest BCUT2D eigenvalue weighted by atomic mass is 9.92. The fraction of sp³-hybridized carbons (Fsp3) is 0.308. The highest BCUT2D eigenvalue weighted by molar-refractivity contribution is 5.93. The minimum Gasteiger partial charge on any atom is -0.464 e. The number of benzene rings is 1. The maximum absolute atomic E-state index is 14.4. The molecular formula is C26H30FN5O3. The van der Waals surface area contributed by atoms with Crippen LogP contribution in [0, 0.1) is 18.2 Å². The maximum atomic E-state index is 14.4. The zero-order valence-electron chi connectivity index (χ0n) is 20.6. The summed E-state index contributed by atoms with van der Waals surface area (Å²) in [6.07, 6.45) is 1.13. The van der Waals surface area contributed by atoms with E-state index in [1.807, 2.05) is 6.07 Å². The number of pyridine rings is 2. The van der Waals surface area contributed by atoms with Crippen molar-refractivity contribution in [2.24, 2.45) is 5.41 Å². The number of allylic oxidation sites excluding steroid dienone is 1. The van der Waals surface area contributed by atoms with E-state index in [-0.39, 0.29) is 16.9 Å². The van der Waals surface area contributed by atoms with Crippen LogP contribution in [0.25, 0.3) is 22.0 Å². The lowest BCUT2D eigenvalue weighted by Crippen LogP contribution is -2.31. The third kappa shape index (κ3) is 6.32. The van der Waals surface area contributed by atoms with Gasteiger partial charge in [0.1, 0.15) is 11.6 Å². The Bertz CT molecular complexity index is 1290. The number of fused-ring (bicyclic) bond motifs is 1. The number of rotatable bonds is 6. The zero-order chi connectivity index (χ0) is 25.9. The van der Waals surface area contributed by atoms with Gasteiger partial charge in [-0.15, -0.1) is 0 Å². The molecule has 0 unspecified atom stereocenters. The number of carbonyl (C=O) groups is 2. The molecule has 0 aliphatic rings. The average molecular weight is 480 g/mol. The predicted octanol–water partition coefficient (Wildman–Crippen LogP) is 6.32. The van der Waals surface area contributed by atoms with Crippen molar-refractivity contribution in [2.45, 2.75) is 41.0 Å². The van der Waals surface area contributed by atoms with Gasteiger partial charge in [0.2, 0.25) is 0 Å². The van der Waals surface area contributed by atoms with Gasteiger partial charge in [0, 0.05) is 41.1 Å². The van der Waals surface area contributed by atoms with E-state index in [0.717, 1.165) is 16.9 Å². The van der Waals surface area contributed by atoms with Crippen LogP contribution in [0.5, 0.6) is 0 Å². The summed E-state index contributed by atoms with van der Waals surface area (Å²) in [5.74, 6) is -0.353. The number of nitrogens with zero attached hydrogens (tertiary/aromatic N) is 3. The number of halogens is 1. The molecule has 0 spiro atoms. The van der Waals surface area contributed by atoms with Crippen molar-refractivity contribution in [1.82, 2.24) is 15.3 Å². The van der Waals surface area contributed by atoms with Crippen LogP contribution in [0.4, 0.5) is 25.5 Å². The first kappa shape index (κ1) is 25.6. The zero-order valence-corrected chi connectivity index (χ0v) is 20.6. The van der Waals surface area contributed by atoms with Gasteiger partial charge in [-0.25, -0.2) is 23.9 Å². The van der Waals surface area contributed by atoms with Crippen LogP contribution in [0.15, 0.2) is 48.8 Å². The van der Waals surface area contributed by atoms with Crippen LogP contribution in [0.1, 0.15) is 39.8 Å². The predicted molar refractivity (Wildman–Crippen MR) is 136 cm³/mol. The third-order valence-electron chi connectivity index (χ3n) is 5.36. The van der Waals surface area contributed by atoms with Crippen molar-refractivity contribution in [1.29, 1.82) is 0 Å². The van der Waals surface area contributed by atoms with Gasteiger partial charge in [0.15, 0.2) is 0 Å². The fourth-order valence-electron chi connectivity index (χ4n) is 3.53. The van der Waals surface area contributed by atoms with Crippen molar-refractivity contribution in [3.63, 3.8) is 0 Å². The largest absolute Gasteiger partial charge is 0.464 e. The number of amides is 3. The summed E-state index contributed by atoms with van der Waals surface area (Å²) < 4.78 is 14.4. The van der Waals surface area contributed by atoms with Crippen molar-refractivity contribution in [3.05, 3.63) is 60.3 Å². The van der Waals surface area contributed by atoms with E-state index in [2.05, 4.69) is 48.0 Å². The van der Waals surface area contributed by atoms with E-state index >= 15 is 0 Å². The minimum atomic E-state index is -1.19. The number of anilines is 2. The smallest absolute Gasteiger partial charge is 0.417 e. The quantitative estimate of drug-likeness (QED) is 0.383. The first-order valence-electron chi connectivity index (χ1n) is 11.2. The van der Waals surface area contributed by atoms with Crippen LogP contribution in [0.2, 0.25) is 0 Å². The monoisotopic (exact) mass is 479 g/mol. The van der Waals surface area contributed by atoms with E-state index in [4.69, 9.17) is 0 Å². The van der Waals surface area contributed by atoms with E-state index in [9.17, 15) is 19.1 Å². The van der Waals surface area contributed by atoms with Gasteiger partial charge in [-0.3, -0.25) is 4.98 Å². The second-order valence-electron chi connectivity index (χ2n) is 9.60. The number of hydrogen-bond donors (Lipinski definition) is 3. The Kier molecular flexibility index (Phi) is 7.38. The molecule has 3 aromatic rings. The molecular weight excluding hydrogens is 449 g/mol. The van der Waals surface area contributed by atoms with Gasteiger partial charge in [0.25, 0.3) is 0 Å². The third-order valence-corrected chi connectivity index (χ3v) is 5.36. The molecule has 3 N–H and O–H groups in total. The van der Waals surface area contributed by atoms with Crippen molar-refractivity contribution >= 4 is 34.5 Å². The molecule has 8 nitrogen and oxygen atoms in total. The number of carboxylic acid groups (broad SMARTS) is 1. The Morgan fingerprint density at radius 1 is 1.20 bits per heavy atom. The Morgan fingerprint density at radius 3 is 2.54 bits per heavy atom. The molecule has 35 heavy (non-hydrogen) atoms. The maximum Gasteiger partial charge on any atom is 0.417 e. The molecule has 3 rings (SSSR count). The van der Waals surface area contributed by atoms with Crippen LogP contribution in [-0.2, 0) is 0 Å². The lowest BCUT2D eigenvalue weighted by Gasteiger charge is -2.18. The molecule has 0 fully saturated rings. The Hall–Kier alpha value is -4.01. The van der Waals surface area contributed by atoms with Crippen molar-refractivity contribution in [2.75, 3.05) is 16.8 Å². The molecule has 184 valence electrons. The summed E-state index contributed by atoms with van der Waals surface area (Å²) in [4.78, 5) is 33.7. The van der Waals surface area contributed by atoms with Crippen molar-refractivity contribution in [3.8, 4) is 11.1 Å². The summed E-state index contributed by atoms with van der Waals surface area (Å²) >= 11 is 0. The highest BCUT2D eigenvalue weighted by Crippen LogP contribution is 2.30. The minimum absolute atomic E-state index is 0.0577. The molecule has 2 aromatic heterocycles. The van der Waals surface area contributed by atoms with E-state index in [1.54, 1.807) is 32.0 Å². The van der Waals surface area contributed by atoms with E-state index in [0.29, 0.717) is 34.4 Å². The molecule has 0 aliphatic carbocycles. The number of aryl methyl sites for hydroxylation is 1. The van der Waals surface area contributed by atoms with Crippen molar-refractivity contribution < 1.29 is 19.1 Å². The van der Waals surface area contributed by atoms with Crippen LogP contribution in [0.3, 0.4) is 0 Å². The topological polar surface area (TPSA) is 107 Å². The number of urea groups is 1. The van der Waals surface area contributed by atoms with Gasteiger partial charge in [-0.2, -0.15) is 0 Å². The molecule has 0 atom stereocenters. The SMILES string of the molecule is C=C(C)N(C(=O)O)c1cc2nc(C)c(-c3ccc(F)c(NC(=O)NCCC(C)(C)C)c3)cc2cn1. The number of nitrogens with one attached hydrogen (secondary N) is 2. The molecule has 9 heteroatoms. The normalized spacial score (nSPS) is 11.3. The second-order valence-corrected chi connectivity index (χ2v) is 9.60. The average Bonchev–Trinajstić information content (AvgIpc) is 2.73. The molecule has 0 radical (unpaired) electrons. The summed E-state index contributed by atoms with van der Waals surface area (Å²) in [5, 5.41) is 15.5. The lowest BCUT2D eigenvalue weighted by molar-refractivity contribution is 0.203. The molecule has 0 saturated carbocycles. The van der Waals surface area contributed by atoms with Crippen LogP contribution < -0.4 is 15.5 Å². The molecule has 0 bridgehead atoms. The van der Waals surface area contributed by atoms with Gasteiger partial charge in [0.05, 0.1) is 11.2 Å². The van der Waals surface area contributed by atoms with E-state index < -0.39 is 17.9 Å². The number of carbonyl (C=O) groups excluding carboxylic acids is 1. The summed E-state index contributed by atoms with van der Waals surface area (Å²) in [6.45, 7) is 13.8. The van der Waals surface area contributed by atoms with E-state index in [1.165, 1.54) is 12.3 Å². The first-order valence-corrected chi connectivity index (χ1v) is 11.2. The molecule has 3 amide bonds.